The smallest absolute Gasteiger partial charge is 0.161 e. The summed E-state index contributed by atoms with van der Waals surface area (Å²) in [6.07, 6.45) is 3.57. The van der Waals surface area contributed by atoms with E-state index in [4.69, 9.17) is 9.47 Å². The molecular formula is C13H18NO2+. The monoisotopic (exact) mass is 220 g/mol. The molecule has 1 fully saturated rings. The Morgan fingerprint density at radius 2 is 1.94 bits per heavy atom. The Morgan fingerprint density at radius 1 is 1.06 bits per heavy atom. The normalized spacial score (nSPS) is 24.1. The summed E-state index contributed by atoms with van der Waals surface area (Å²) in [7, 11) is 0. The number of ether oxygens (including phenoxy) is 2. The quantitative estimate of drug-likeness (QED) is 0.773. The molecule has 2 heterocycles. The Labute approximate surface area is 95.8 Å². The molecule has 0 saturated carbocycles. The van der Waals surface area contributed by atoms with Crippen LogP contribution in [0.25, 0.3) is 0 Å². The molecule has 1 aromatic carbocycles. The molecule has 16 heavy (non-hydrogen) atoms. The predicted octanol–water partition coefficient (Wildman–Crippen LogP) is 1.25. The number of nitrogens with two attached hydrogens (primary N) is 1. The lowest BCUT2D eigenvalue weighted by Gasteiger charge is -2.11. The lowest BCUT2D eigenvalue weighted by atomic mass is 10.0. The Hall–Kier alpha value is -1.22. The third kappa shape index (κ3) is 1.87. The standard InChI is InChI=1S/C13H17NO2/c1-3-11(14-6-1)10-4-5-12-13(9-10)16-8-2-7-15-12/h4-5,9,11,14H,1-3,6-8H2/p+1/t11-/m1/s1. The number of fused-ring (bicyclic) bond motifs is 1. The van der Waals surface area contributed by atoms with E-state index in [1.54, 1.807) is 0 Å². The zero-order chi connectivity index (χ0) is 10.8. The molecule has 2 N–H and O–H groups in total. The van der Waals surface area contributed by atoms with Crippen LogP contribution in [0.15, 0.2) is 18.2 Å². The molecule has 0 spiro atoms. The van der Waals surface area contributed by atoms with Crippen LogP contribution in [0.1, 0.15) is 30.9 Å². The SMILES string of the molecule is c1cc2c(cc1[C@H]1CCC[NH2+]1)OCCCO2. The largest absolute Gasteiger partial charge is 0.490 e. The van der Waals surface area contributed by atoms with E-state index >= 15 is 0 Å². The van der Waals surface area contributed by atoms with E-state index in [2.05, 4.69) is 23.5 Å². The Kier molecular flexibility index (Phi) is 2.70. The van der Waals surface area contributed by atoms with Crippen LogP contribution in [0.2, 0.25) is 0 Å². The van der Waals surface area contributed by atoms with Gasteiger partial charge in [-0.15, -0.1) is 0 Å². The van der Waals surface area contributed by atoms with Crippen molar-refractivity contribution >= 4 is 0 Å². The first kappa shape index (κ1) is 9.97. The highest BCUT2D eigenvalue weighted by molar-refractivity contribution is 5.44. The molecular weight excluding hydrogens is 202 g/mol. The van der Waals surface area contributed by atoms with Crippen LogP contribution in [0.5, 0.6) is 11.5 Å². The number of hydrogen-bond donors (Lipinski definition) is 1. The molecule has 2 aliphatic rings. The molecule has 86 valence electrons. The molecule has 3 heteroatoms. The van der Waals surface area contributed by atoms with Gasteiger partial charge in [-0.3, -0.25) is 0 Å². The van der Waals surface area contributed by atoms with Crippen molar-refractivity contribution in [3.63, 3.8) is 0 Å². The van der Waals surface area contributed by atoms with Gasteiger partial charge in [-0.2, -0.15) is 0 Å². The molecule has 0 unspecified atom stereocenters. The van der Waals surface area contributed by atoms with Gasteiger partial charge in [-0.25, -0.2) is 0 Å². The fourth-order valence-electron chi connectivity index (χ4n) is 2.49. The van der Waals surface area contributed by atoms with E-state index in [1.807, 2.05) is 0 Å². The first-order valence-electron chi connectivity index (χ1n) is 6.16. The molecule has 2 aliphatic heterocycles. The molecule has 3 rings (SSSR count). The lowest BCUT2D eigenvalue weighted by Crippen LogP contribution is -2.81. The summed E-state index contributed by atoms with van der Waals surface area (Å²) < 4.78 is 11.3. The van der Waals surface area contributed by atoms with Crippen LogP contribution >= 0.6 is 0 Å². The summed E-state index contributed by atoms with van der Waals surface area (Å²) in [6.45, 7) is 2.78. The molecule has 0 amide bonds. The van der Waals surface area contributed by atoms with Crippen molar-refractivity contribution in [1.29, 1.82) is 0 Å². The molecule has 0 radical (unpaired) electrons. The average molecular weight is 220 g/mol. The summed E-state index contributed by atoms with van der Waals surface area (Å²) in [5.74, 6) is 1.83. The van der Waals surface area contributed by atoms with E-state index < -0.39 is 0 Å². The van der Waals surface area contributed by atoms with Gasteiger partial charge in [-0.1, -0.05) is 0 Å². The van der Waals surface area contributed by atoms with Gasteiger partial charge in [0.2, 0.25) is 0 Å². The van der Waals surface area contributed by atoms with Crippen LogP contribution in [0.3, 0.4) is 0 Å². The van der Waals surface area contributed by atoms with Crippen molar-refractivity contribution in [2.75, 3.05) is 19.8 Å². The molecule has 1 atom stereocenters. The van der Waals surface area contributed by atoms with Crippen LogP contribution in [-0.2, 0) is 0 Å². The van der Waals surface area contributed by atoms with Crippen molar-refractivity contribution in [2.24, 2.45) is 0 Å². The van der Waals surface area contributed by atoms with E-state index in [0.717, 1.165) is 31.1 Å². The van der Waals surface area contributed by atoms with E-state index in [9.17, 15) is 0 Å². The van der Waals surface area contributed by atoms with Gasteiger partial charge in [0.1, 0.15) is 6.04 Å². The van der Waals surface area contributed by atoms with E-state index in [0.29, 0.717) is 6.04 Å². The van der Waals surface area contributed by atoms with Gasteiger partial charge in [0, 0.05) is 24.8 Å². The van der Waals surface area contributed by atoms with Gasteiger partial charge in [0.25, 0.3) is 0 Å². The van der Waals surface area contributed by atoms with Gasteiger partial charge in [0.05, 0.1) is 19.8 Å². The summed E-state index contributed by atoms with van der Waals surface area (Å²) in [5.41, 5.74) is 1.38. The first-order chi connectivity index (χ1) is 7.93. The second-order valence-corrected chi connectivity index (χ2v) is 4.53. The molecule has 0 aromatic heterocycles. The van der Waals surface area contributed by atoms with Crippen LogP contribution in [0, 0.1) is 0 Å². The Balaban J connectivity index is 1.88. The first-order valence-corrected chi connectivity index (χ1v) is 6.16. The number of benzene rings is 1. The van der Waals surface area contributed by atoms with Crippen molar-refractivity contribution in [1.82, 2.24) is 0 Å². The minimum absolute atomic E-state index is 0.622. The highest BCUT2D eigenvalue weighted by atomic mass is 16.5. The maximum Gasteiger partial charge on any atom is 0.161 e. The Bertz CT molecular complexity index is 372. The molecule has 0 aliphatic carbocycles. The summed E-state index contributed by atoms with van der Waals surface area (Å²) in [6, 6.07) is 7.02. The van der Waals surface area contributed by atoms with Crippen LogP contribution in [0.4, 0.5) is 0 Å². The third-order valence-electron chi connectivity index (χ3n) is 3.37. The lowest BCUT2D eigenvalue weighted by molar-refractivity contribution is -0.676. The molecule has 1 saturated heterocycles. The number of rotatable bonds is 1. The topological polar surface area (TPSA) is 35.1 Å². The fraction of sp³-hybridized carbons (Fsp3) is 0.538. The van der Waals surface area contributed by atoms with Gasteiger partial charge < -0.3 is 14.8 Å². The average Bonchev–Trinajstić information content (AvgIpc) is 2.74. The second-order valence-electron chi connectivity index (χ2n) is 4.53. The van der Waals surface area contributed by atoms with Crippen molar-refractivity contribution < 1.29 is 14.8 Å². The third-order valence-corrected chi connectivity index (χ3v) is 3.37. The number of hydrogen-bond acceptors (Lipinski definition) is 2. The second kappa shape index (κ2) is 4.34. The van der Waals surface area contributed by atoms with Gasteiger partial charge >= 0.3 is 0 Å². The van der Waals surface area contributed by atoms with Crippen molar-refractivity contribution in [2.45, 2.75) is 25.3 Å². The maximum atomic E-state index is 5.71. The molecule has 3 nitrogen and oxygen atoms in total. The maximum absolute atomic E-state index is 5.71. The zero-order valence-electron chi connectivity index (χ0n) is 9.45. The summed E-state index contributed by atoms with van der Waals surface area (Å²) >= 11 is 0. The molecule has 1 aromatic rings. The van der Waals surface area contributed by atoms with Crippen LogP contribution in [-0.4, -0.2) is 19.8 Å². The van der Waals surface area contributed by atoms with Gasteiger partial charge in [-0.05, 0) is 18.2 Å². The van der Waals surface area contributed by atoms with Gasteiger partial charge in [0.15, 0.2) is 11.5 Å². The zero-order valence-corrected chi connectivity index (χ0v) is 9.45. The summed E-state index contributed by atoms with van der Waals surface area (Å²) in [4.78, 5) is 0. The number of quaternary nitrogens is 1. The fourth-order valence-corrected chi connectivity index (χ4v) is 2.49. The highest BCUT2D eigenvalue weighted by Gasteiger charge is 2.22. The Morgan fingerprint density at radius 3 is 2.75 bits per heavy atom. The predicted molar refractivity (Wildman–Crippen MR) is 60.8 cm³/mol. The van der Waals surface area contributed by atoms with Crippen molar-refractivity contribution in [3.05, 3.63) is 23.8 Å². The minimum atomic E-state index is 0.622. The van der Waals surface area contributed by atoms with Crippen LogP contribution < -0.4 is 14.8 Å². The summed E-state index contributed by atoms with van der Waals surface area (Å²) in [5, 5.41) is 2.42. The van der Waals surface area contributed by atoms with E-state index in [1.165, 1.54) is 24.9 Å². The molecule has 0 bridgehead atoms. The van der Waals surface area contributed by atoms with Crippen molar-refractivity contribution in [3.8, 4) is 11.5 Å². The highest BCUT2D eigenvalue weighted by Crippen LogP contribution is 2.32. The minimum Gasteiger partial charge on any atom is -0.490 e. The van der Waals surface area contributed by atoms with E-state index in [-0.39, 0.29) is 0 Å².